The molecule has 0 bridgehead atoms. The second-order valence-corrected chi connectivity index (χ2v) is 7.43. The number of anilines is 1. The molecule has 3 aromatic carbocycles. The van der Waals surface area contributed by atoms with Crippen LogP contribution in [0, 0.1) is 0 Å². The van der Waals surface area contributed by atoms with Crippen LogP contribution in [0.3, 0.4) is 0 Å². The van der Waals surface area contributed by atoms with E-state index in [1.54, 1.807) is 0 Å². The van der Waals surface area contributed by atoms with Crippen molar-refractivity contribution in [1.29, 1.82) is 0 Å². The van der Waals surface area contributed by atoms with Crippen molar-refractivity contribution in [3.63, 3.8) is 0 Å². The fourth-order valence-electron chi connectivity index (χ4n) is 3.83. The molecule has 1 aliphatic heterocycles. The Hall–Kier alpha value is -3.44. The molecule has 30 heavy (non-hydrogen) atoms. The van der Waals surface area contributed by atoms with Gasteiger partial charge in [-0.2, -0.15) is 0 Å². The third kappa shape index (κ3) is 4.42. The van der Waals surface area contributed by atoms with Gasteiger partial charge >= 0.3 is 5.97 Å². The number of para-hydroxylation sites is 1. The van der Waals surface area contributed by atoms with E-state index < -0.39 is 0 Å². The highest BCUT2D eigenvalue weighted by Gasteiger charge is 2.32. The zero-order valence-corrected chi connectivity index (χ0v) is 16.9. The number of carbonyl (C=O) groups excluding carboxylic acids is 2. The molecule has 3 aromatic rings. The Morgan fingerprint density at radius 1 is 0.933 bits per heavy atom. The lowest BCUT2D eigenvalue weighted by Crippen LogP contribution is -2.45. The molecule has 0 fully saturated rings. The van der Waals surface area contributed by atoms with Crippen LogP contribution in [-0.4, -0.2) is 29.9 Å². The van der Waals surface area contributed by atoms with Crippen molar-refractivity contribution in [2.24, 2.45) is 0 Å². The molecule has 1 heterocycles. The summed E-state index contributed by atoms with van der Waals surface area (Å²) < 4.78 is 5.05. The molecule has 1 aliphatic rings. The predicted molar refractivity (Wildman–Crippen MR) is 116 cm³/mol. The second-order valence-electron chi connectivity index (χ2n) is 7.43. The van der Waals surface area contributed by atoms with Crippen molar-refractivity contribution in [3.8, 4) is 0 Å². The van der Waals surface area contributed by atoms with Crippen LogP contribution in [0.25, 0.3) is 0 Å². The van der Waals surface area contributed by atoms with E-state index in [0.29, 0.717) is 25.1 Å². The van der Waals surface area contributed by atoms with Crippen molar-refractivity contribution in [3.05, 3.63) is 101 Å². The maximum atomic E-state index is 12.5. The first-order valence-corrected chi connectivity index (χ1v) is 9.98. The van der Waals surface area contributed by atoms with Gasteiger partial charge in [-0.1, -0.05) is 54.6 Å². The number of hydrogen-bond acceptors (Lipinski definition) is 4. The molecule has 0 saturated heterocycles. The first kappa shape index (κ1) is 19.9. The summed E-state index contributed by atoms with van der Waals surface area (Å²) in [5.41, 5.74) is 4.82. The molecule has 5 heteroatoms. The van der Waals surface area contributed by atoms with Gasteiger partial charge in [-0.05, 0) is 47.4 Å². The third-order valence-corrected chi connectivity index (χ3v) is 5.45. The van der Waals surface area contributed by atoms with Crippen LogP contribution in [0.4, 0.5) is 5.69 Å². The predicted octanol–water partition coefficient (Wildman–Crippen LogP) is 4.04. The van der Waals surface area contributed by atoms with E-state index >= 15 is 0 Å². The summed E-state index contributed by atoms with van der Waals surface area (Å²) in [6.07, 6.45) is 0.639. The Labute approximate surface area is 176 Å². The average Bonchev–Trinajstić information content (AvgIpc) is 2.79. The number of nitrogens with zero attached hydrogens (tertiary/aromatic N) is 1. The SMILES string of the molecule is COC(=O)[C@@H]1Cc2ccccc2CN1Cc1ccc(C(=O)Nc2ccccc2)cc1. The normalized spacial score (nSPS) is 15.8. The van der Waals surface area contributed by atoms with E-state index in [0.717, 1.165) is 11.3 Å². The largest absolute Gasteiger partial charge is 0.468 e. The molecule has 0 spiro atoms. The van der Waals surface area contributed by atoms with E-state index in [-0.39, 0.29) is 17.9 Å². The molecule has 0 radical (unpaired) electrons. The van der Waals surface area contributed by atoms with Crippen LogP contribution < -0.4 is 5.32 Å². The highest BCUT2D eigenvalue weighted by atomic mass is 16.5. The van der Waals surface area contributed by atoms with Gasteiger partial charge in [0.15, 0.2) is 0 Å². The van der Waals surface area contributed by atoms with E-state index in [9.17, 15) is 9.59 Å². The number of nitrogens with one attached hydrogen (secondary N) is 1. The van der Waals surface area contributed by atoms with E-state index in [2.05, 4.69) is 22.3 Å². The van der Waals surface area contributed by atoms with Crippen LogP contribution in [0.1, 0.15) is 27.0 Å². The Bertz CT molecular complexity index is 1030. The molecule has 152 valence electrons. The quantitative estimate of drug-likeness (QED) is 0.657. The number of carbonyl (C=O) groups is 2. The van der Waals surface area contributed by atoms with Gasteiger partial charge in [0.05, 0.1) is 7.11 Å². The van der Waals surface area contributed by atoms with Gasteiger partial charge in [-0.25, -0.2) is 0 Å². The summed E-state index contributed by atoms with van der Waals surface area (Å²) in [6.45, 7) is 1.29. The van der Waals surface area contributed by atoms with E-state index in [1.165, 1.54) is 18.2 Å². The highest BCUT2D eigenvalue weighted by Crippen LogP contribution is 2.26. The van der Waals surface area contributed by atoms with Crippen LogP contribution in [0.5, 0.6) is 0 Å². The molecule has 1 N–H and O–H groups in total. The van der Waals surface area contributed by atoms with E-state index in [4.69, 9.17) is 4.74 Å². The molecular formula is C25H24N2O3. The molecular weight excluding hydrogens is 376 g/mol. The van der Waals surface area contributed by atoms with Crippen LogP contribution >= 0.6 is 0 Å². The minimum atomic E-state index is -0.314. The summed E-state index contributed by atoms with van der Waals surface area (Å²) in [4.78, 5) is 27.0. The molecule has 0 aliphatic carbocycles. The van der Waals surface area contributed by atoms with Crippen LogP contribution in [-0.2, 0) is 29.0 Å². The number of benzene rings is 3. The van der Waals surface area contributed by atoms with Gasteiger partial charge in [0.2, 0.25) is 0 Å². The molecule has 5 nitrogen and oxygen atoms in total. The number of fused-ring (bicyclic) bond motifs is 1. The van der Waals surface area contributed by atoms with Crippen molar-refractivity contribution < 1.29 is 14.3 Å². The first-order valence-electron chi connectivity index (χ1n) is 9.98. The smallest absolute Gasteiger partial charge is 0.323 e. The van der Waals surface area contributed by atoms with Gasteiger partial charge < -0.3 is 10.1 Å². The topological polar surface area (TPSA) is 58.6 Å². The zero-order chi connectivity index (χ0) is 20.9. The van der Waals surface area contributed by atoms with Gasteiger partial charge in [0, 0.05) is 24.3 Å². The average molecular weight is 400 g/mol. The summed E-state index contributed by atoms with van der Waals surface area (Å²) in [5.74, 6) is -0.365. The maximum Gasteiger partial charge on any atom is 0.323 e. The van der Waals surface area contributed by atoms with Gasteiger partial charge in [0.25, 0.3) is 5.91 Å². The lowest BCUT2D eigenvalue weighted by atomic mass is 9.93. The van der Waals surface area contributed by atoms with Gasteiger partial charge in [-0.15, -0.1) is 0 Å². The highest BCUT2D eigenvalue weighted by molar-refractivity contribution is 6.04. The first-order chi connectivity index (χ1) is 14.6. The Morgan fingerprint density at radius 3 is 2.30 bits per heavy atom. The van der Waals surface area contributed by atoms with Crippen LogP contribution in [0.15, 0.2) is 78.9 Å². The Balaban J connectivity index is 1.47. The van der Waals surface area contributed by atoms with Gasteiger partial charge in [-0.3, -0.25) is 14.5 Å². The minimum absolute atomic E-state index is 0.146. The van der Waals surface area contributed by atoms with Crippen molar-refractivity contribution in [1.82, 2.24) is 4.90 Å². The molecule has 1 atom stereocenters. The van der Waals surface area contributed by atoms with Crippen molar-refractivity contribution in [2.75, 3.05) is 12.4 Å². The van der Waals surface area contributed by atoms with Crippen molar-refractivity contribution >= 4 is 17.6 Å². The van der Waals surface area contributed by atoms with Crippen molar-refractivity contribution in [2.45, 2.75) is 25.6 Å². The summed E-state index contributed by atoms with van der Waals surface area (Å²) in [6, 6.07) is 24.8. The molecule has 4 rings (SSSR count). The maximum absolute atomic E-state index is 12.5. The number of amides is 1. The number of esters is 1. The monoisotopic (exact) mass is 400 g/mol. The fraction of sp³-hybridized carbons (Fsp3) is 0.200. The molecule has 0 unspecified atom stereocenters. The molecule has 0 aromatic heterocycles. The summed E-state index contributed by atoms with van der Waals surface area (Å²) in [5, 5.41) is 2.89. The number of rotatable bonds is 5. The van der Waals surface area contributed by atoms with Gasteiger partial charge in [0.1, 0.15) is 6.04 Å². The summed E-state index contributed by atoms with van der Waals surface area (Å²) in [7, 11) is 1.43. The Morgan fingerprint density at radius 2 is 1.60 bits per heavy atom. The summed E-state index contributed by atoms with van der Waals surface area (Å²) >= 11 is 0. The molecule has 1 amide bonds. The van der Waals surface area contributed by atoms with E-state index in [1.807, 2.05) is 66.7 Å². The fourth-order valence-corrected chi connectivity index (χ4v) is 3.83. The zero-order valence-electron chi connectivity index (χ0n) is 16.9. The third-order valence-electron chi connectivity index (χ3n) is 5.45. The lowest BCUT2D eigenvalue weighted by Gasteiger charge is -2.35. The van der Waals surface area contributed by atoms with Crippen LogP contribution in [0.2, 0.25) is 0 Å². The Kier molecular flexibility index (Phi) is 5.91. The standard InChI is InChI=1S/C25H24N2O3/c1-30-25(29)23-15-20-7-5-6-8-21(20)17-27(23)16-18-11-13-19(14-12-18)24(28)26-22-9-3-2-4-10-22/h2-14,23H,15-17H2,1H3,(H,26,28)/t23-/m0/s1. The lowest BCUT2D eigenvalue weighted by molar-refractivity contribution is -0.148. The number of methoxy groups -OCH3 is 1. The number of hydrogen-bond donors (Lipinski definition) is 1. The molecule has 0 saturated carbocycles. The second kappa shape index (κ2) is 8.93. The minimum Gasteiger partial charge on any atom is -0.468 e. The number of ether oxygens (including phenoxy) is 1.